The first-order valence-electron chi connectivity index (χ1n) is 5.51. The average Bonchev–Trinajstić information content (AvgIpc) is 2.35. The van der Waals surface area contributed by atoms with Gasteiger partial charge in [-0.05, 0) is 30.5 Å². The van der Waals surface area contributed by atoms with E-state index in [1.807, 2.05) is 25.1 Å². The molecule has 2 unspecified atom stereocenters. The van der Waals surface area contributed by atoms with Crippen molar-refractivity contribution in [1.82, 2.24) is 5.32 Å². The molecule has 86 valence electrons. The Kier molecular flexibility index (Phi) is 4.97. The molecule has 0 radical (unpaired) electrons. The molecule has 1 rings (SSSR count). The molecule has 1 aromatic rings. The summed E-state index contributed by atoms with van der Waals surface area (Å²) in [5.74, 6) is 0.251. The third-order valence-electron chi connectivity index (χ3n) is 2.60. The first-order valence-corrected chi connectivity index (χ1v) is 5.51. The maximum atomic E-state index is 8.92. The van der Waals surface area contributed by atoms with Crippen LogP contribution in [-0.4, -0.2) is 18.3 Å². The van der Waals surface area contributed by atoms with Crippen LogP contribution in [0.3, 0.4) is 0 Å². The molecule has 0 saturated heterocycles. The molecule has 3 nitrogen and oxygen atoms in total. The number of benzene rings is 1. The van der Waals surface area contributed by atoms with Gasteiger partial charge in [-0.3, -0.25) is 0 Å². The second-order valence-corrected chi connectivity index (χ2v) is 4.15. The maximum Gasteiger partial charge on any atom is 0.0991 e. The van der Waals surface area contributed by atoms with Crippen molar-refractivity contribution in [2.24, 2.45) is 5.92 Å². The van der Waals surface area contributed by atoms with E-state index in [2.05, 4.69) is 18.3 Å². The largest absolute Gasteiger partial charge is 0.396 e. The van der Waals surface area contributed by atoms with Crippen LogP contribution in [0.15, 0.2) is 24.3 Å². The summed E-state index contributed by atoms with van der Waals surface area (Å²) in [5.41, 5.74) is 1.78. The van der Waals surface area contributed by atoms with Crippen molar-refractivity contribution in [2.45, 2.75) is 19.9 Å². The fourth-order valence-electron chi connectivity index (χ4n) is 1.44. The van der Waals surface area contributed by atoms with Crippen LogP contribution in [0.5, 0.6) is 0 Å². The quantitative estimate of drug-likeness (QED) is 0.792. The Balaban J connectivity index is 2.59. The normalized spacial score (nSPS) is 14.1. The van der Waals surface area contributed by atoms with E-state index in [9.17, 15) is 0 Å². The first kappa shape index (κ1) is 12.7. The minimum atomic E-state index is 0.192. The molecule has 1 aromatic carbocycles. The number of rotatable bonds is 5. The Morgan fingerprint density at radius 2 is 2.19 bits per heavy atom. The van der Waals surface area contributed by atoms with E-state index in [0.29, 0.717) is 5.56 Å². The summed E-state index contributed by atoms with van der Waals surface area (Å²) in [6, 6.07) is 9.91. The molecular weight excluding hydrogens is 200 g/mol. The van der Waals surface area contributed by atoms with Gasteiger partial charge in [-0.2, -0.15) is 5.26 Å². The van der Waals surface area contributed by atoms with Crippen LogP contribution in [0, 0.1) is 17.2 Å². The summed E-state index contributed by atoms with van der Waals surface area (Å²) in [5, 5.41) is 21.0. The van der Waals surface area contributed by atoms with Crippen molar-refractivity contribution >= 4 is 0 Å². The Bertz CT molecular complexity index is 370. The minimum absolute atomic E-state index is 0.192. The third-order valence-corrected chi connectivity index (χ3v) is 2.60. The zero-order chi connectivity index (χ0) is 12.0. The van der Waals surface area contributed by atoms with Gasteiger partial charge < -0.3 is 10.4 Å². The van der Waals surface area contributed by atoms with Gasteiger partial charge in [-0.25, -0.2) is 0 Å². The lowest BCUT2D eigenvalue weighted by Crippen LogP contribution is -2.26. The highest BCUT2D eigenvalue weighted by Crippen LogP contribution is 2.13. The lowest BCUT2D eigenvalue weighted by atomic mass is 10.0. The van der Waals surface area contributed by atoms with Crippen molar-refractivity contribution in [3.63, 3.8) is 0 Å². The molecule has 16 heavy (non-hydrogen) atoms. The smallest absolute Gasteiger partial charge is 0.0991 e. The molecule has 0 fully saturated rings. The van der Waals surface area contributed by atoms with Crippen LogP contribution in [0.25, 0.3) is 0 Å². The summed E-state index contributed by atoms with van der Waals surface area (Å²) in [6.07, 6.45) is 0. The number of aliphatic hydroxyl groups is 1. The minimum Gasteiger partial charge on any atom is -0.396 e. The van der Waals surface area contributed by atoms with Crippen molar-refractivity contribution in [2.75, 3.05) is 13.2 Å². The predicted octanol–water partition coefficient (Wildman–Crippen LogP) is 1.84. The van der Waals surface area contributed by atoms with Gasteiger partial charge in [0.1, 0.15) is 0 Å². The zero-order valence-electron chi connectivity index (χ0n) is 9.77. The first-order chi connectivity index (χ1) is 7.67. The fraction of sp³-hybridized carbons (Fsp3) is 0.462. The summed E-state index contributed by atoms with van der Waals surface area (Å²) in [4.78, 5) is 0. The van der Waals surface area contributed by atoms with E-state index in [-0.39, 0.29) is 18.6 Å². The second-order valence-electron chi connectivity index (χ2n) is 4.15. The van der Waals surface area contributed by atoms with E-state index in [1.165, 1.54) is 0 Å². The van der Waals surface area contributed by atoms with E-state index in [0.717, 1.165) is 12.1 Å². The molecule has 0 aliphatic carbocycles. The van der Waals surface area contributed by atoms with Crippen LogP contribution >= 0.6 is 0 Å². The number of aliphatic hydroxyl groups excluding tert-OH is 1. The Morgan fingerprint density at radius 1 is 1.44 bits per heavy atom. The van der Waals surface area contributed by atoms with E-state index < -0.39 is 0 Å². The molecular formula is C13H18N2O. The number of hydrogen-bond acceptors (Lipinski definition) is 3. The van der Waals surface area contributed by atoms with Gasteiger partial charge in [0.05, 0.1) is 11.6 Å². The van der Waals surface area contributed by atoms with Gasteiger partial charge >= 0.3 is 0 Å². The third kappa shape index (κ3) is 3.65. The highest BCUT2D eigenvalue weighted by atomic mass is 16.3. The van der Waals surface area contributed by atoms with Crippen LogP contribution in [0.2, 0.25) is 0 Å². The fourth-order valence-corrected chi connectivity index (χ4v) is 1.44. The number of nitrogens with zero attached hydrogens (tertiary/aromatic N) is 1. The lowest BCUT2D eigenvalue weighted by Gasteiger charge is -2.16. The van der Waals surface area contributed by atoms with E-state index >= 15 is 0 Å². The highest BCUT2D eigenvalue weighted by Gasteiger charge is 2.07. The summed E-state index contributed by atoms with van der Waals surface area (Å²) in [7, 11) is 0. The molecule has 0 heterocycles. The van der Waals surface area contributed by atoms with Crippen LogP contribution in [0.1, 0.15) is 31.0 Å². The van der Waals surface area contributed by atoms with Gasteiger partial charge in [-0.1, -0.05) is 19.1 Å². The van der Waals surface area contributed by atoms with Gasteiger partial charge in [0.25, 0.3) is 0 Å². The monoisotopic (exact) mass is 218 g/mol. The molecule has 0 aromatic heterocycles. The number of nitriles is 1. The molecule has 0 aliphatic rings. The topological polar surface area (TPSA) is 56.0 Å². The second kappa shape index (κ2) is 6.26. The maximum absolute atomic E-state index is 8.92. The standard InChI is InChI=1S/C13H18N2O/c1-10(9-16)8-15-11(2)13-5-3-4-12(6-13)7-14/h3-6,10-11,15-16H,8-9H2,1-2H3. The van der Waals surface area contributed by atoms with Crippen LogP contribution in [-0.2, 0) is 0 Å². The Morgan fingerprint density at radius 3 is 2.81 bits per heavy atom. The highest BCUT2D eigenvalue weighted by molar-refractivity contribution is 5.33. The van der Waals surface area contributed by atoms with E-state index in [1.54, 1.807) is 6.07 Å². The van der Waals surface area contributed by atoms with Crippen molar-refractivity contribution < 1.29 is 5.11 Å². The van der Waals surface area contributed by atoms with E-state index in [4.69, 9.17) is 10.4 Å². The lowest BCUT2D eigenvalue weighted by molar-refractivity contribution is 0.231. The van der Waals surface area contributed by atoms with Gasteiger partial charge in [0.15, 0.2) is 0 Å². The average molecular weight is 218 g/mol. The Hall–Kier alpha value is -1.37. The molecule has 3 heteroatoms. The van der Waals surface area contributed by atoms with Crippen molar-refractivity contribution in [1.29, 1.82) is 5.26 Å². The number of nitrogens with one attached hydrogen (secondary N) is 1. The predicted molar refractivity (Wildman–Crippen MR) is 63.8 cm³/mol. The zero-order valence-corrected chi connectivity index (χ0v) is 9.77. The molecule has 0 amide bonds. The summed E-state index contributed by atoms with van der Waals surface area (Å²) < 4.78 is 0. The van der Waals surface area contributed by atoms with Crippen LogP contribution in [0.4, 0.5) is 0 Å². The molecule has 0 bridgehead atoms. The van der Waals surface area contributed by atoms with Gasteiger partial charge in [-0.15, -0.1) is 0 Å². The molecule has 2 N–H and O–H groups in total. The molecule has 0 aliphatic heterocycles. The molecule has 0 spiro atoms. The SMILES string of the molecule is CC(CO)CNC(C)c1cccc(C#N)c1. The van der Waals surface area contributed by atoms with Gasteiger partial charge in [0, 0.05) is 19.2 Å². The molecule has 2 atom stereocenters. The van der Waals surface area contributed by atoms with Crippen molar-refractivity contribution in [3.8, 4) is 6.07 Å². The number of hydrogen-bond donors (Lipinski definition) is 2. The van der Waals surface area contributed by atoms with Gasteiger partial charge in [0.2, 0.25) is 0 Å². The molecule has 0 saturated carbocycles. The van der Waals surface area contributed by atoms with Crippen LogP contribution < -0.4 is 5.32 Å². The summed E-state index contributed by atoms with van der Waals surface area (Å²) >= 11 is 0. The summed E-state index contributed by atoms with van der Waals surface area (Å²) in [6.45, 7) is 5.01. The van der Waals surface area contributed by atoms with Crippen molar-refractivity contribution in [3.05, 3.63) is 35.4 Å². The Labute approximate surface area is 96.7 Å².